The van der Waals surface area contributed by atoms with Gasteiger partial charge < -0.3 is 15.2 Å². The molecule has 1 aromatic heterocycles. The summed E-state index contributed by atoms with van der Waals surface area (Å²) in [5.41, 5.74) is 4.28. The lowest BCUT2D eigenvalue weighted by Gasteiger charge is -2.11. The maximum Gasteiger partial charge on any atom is 0.339 e. The maximum absolute atomic E-state index is 11.4. The fourth-order valence-corrected chi connectivity index (χ4v) is 2.98. The Morgan fingerprint density at radius 2 is 1.89 bits per heavy atom. The molecule has 0 atom stereocenters. The second kappa shape index (κ2) is 8.57. The summed E-state index contributed by atoms with van der Waals surface area (Å²) in [6.45, 7) is 5.06. The number of ether oxygens (including phenoxy) is 1. The van der Waals surface area contributed by atoms with E-state index in [0.29, 0.717) is 18.2 Å². The number of aromatic nitrogens is 1. The average Bonchev–Trinajstić information content (AvgIpc) is 2.72. The van der Waals surface area contributed by atoms with Gasteiger partial charge in [0.25, 0.3) is 0 Å². The number of carbonyl (C=O) groups is 1. The van der Waals surface area contributed by atoms with E-state index in [2.05, 4.69) is 48.4 Å². The number of methoxy groups -OCH3 is 1. The van der Waals surface area contributed by atoms with E-state index in [0.717, 1.165) is 16.9 Å². The Hall–Kier alpha value is -3.34. The number of anilines is 1. The molecule has 0 aliphatic heterocycles. The van der Waals surface area contributed by atoms with E-state index in [9.17, 15) is 9.90 Å². The zero-order chi connectivity index (χ0) is 20.1. The van der Waals surface area contributed by atoms with Gasteiger partial charge in [-0.1, -0.05) is 44.2 Å². The normalized spacial score (nSPS) is 10.7. The number of aromatic carboxylic acids is 1. The van der Waals surface area contributed by atoms with Gasteiger partial charge in [0, 0.05) is 18.3 Å². The first-order valence-corrected chi connectivity index (χ1v) is 9.18. The monoisotopic (exact) mass is 376 g/mol. The Kier molecular flexibility index (Phi) is 5.94. The van der Waals surface area contributed by atoms with Crippen molar-refractivity contribution < 1.29 is 14.6 Å². The summed E-state index contributed by atoms with van der Waals surface area (Å²) < 4.78 is 5.11. The molecule has 28 heavy (non-hydrogen) atoms. The van der Waals surface area contributed by atoms with Crippen LogP contribution in [0.5, 0.6) is 5.75 Å². The van der Waals surface area contributed by atoms with Crippen molar-refractivity contribution in [3.63, 3.8) is 0 Å². The third-order valence-corrected chi connectivity index (χ3v) is 4.62. The minimum atomic E-state index is -1.02. The van der Waals surface area contributed by atoms with Gasteiger partial charge in [-0.15, -0.1) is 0 Å². The van der Waals surface area contributed by atoms with Crippen LogP contribution in [-0.2, 0) is 6.54 Å². The molecule has 0 bridgehead atoms. The van der Waals surface area contributed by atoms with Crippen molar-refractivity contribution >= 4 is 11.8 Å². The summed E-state index contributed by atoms with van der Waals surface area (Å²) in [5.74, 6) is 0.586. The Morgan fingerprint density at radius 3 is 2.54 bits per heavy atom. The molecule has 1 heterocycles. The average molecular weight is 376 g/mol. The highest BCUT2D eigenvalue weighted by atomic mass is 16.5. The predicted octanol–water partition coefficient (Wildman–Crippen LogP) is 5.19. The lowest BCUT2D eigenvalue weighted by molar-refractivity contribution is 0.0693. The Morgan fingerprint density at radius 1 is 1.11 bits per heavy atom. The first-order valence-electron chi connectivity index (χ1n) is 9.18. The van der Waals surface area contributed by atoms with Crippen LogP contribution < -0.4 is 10.1 Å². The van der Waals surface area contributed by atoms with E-state index < -0.39 is 5.97 Å². The van der Waals surface area contributed by atoms with Crippen molar-refractivity contribution in [3.8, 4) is 16.9 Å². The summed E-state index contributed by atoms with van der Waals surface area (Å²) in [6.07, 6.45) is 1.74. The molecule has 5 heteroatoms. The van der Waals surface area contributed by atoms with Gasteiger partial charge in [0.1, 0.15) is 17.1 Å². The Labute approximate surface area is 165 Å². The summed E-state index contributed by atoms with van der Waals surface area (Å²) in [7, 11) is 1.46. The van der Waals surface area contributed by atoms with Crippen LogP contribution in [0.3, 0.4) is 0 Å². The highest BCUT2D eigenvalue weighted by Gasteiger charge is 2.12. The molecule has 0 amide bonds. The molecule has 3 aromatic rings. The quantitative estimate of drug-likeness (QED) is 0.594. The van der Waals surface area contributed by atoms with Crippen molar-refractivity contribution in [2.75, 3.05) is 12.4 Å². The lowest BCUT2D eigenvalue weighted by atomic mass is 10.0. The molecule has 3 rings (SSSR count). The van der Waals surface area contributed by atoms with Gasteiger partial charge in [-0.25, -0.2) is 9.78 Å². The van der Waals surface area contributed by atoms with E-state index in [-0.39, 0.29) is 5.56 Å². The van der Waals surface area contributed by atoms with Crippen LogP contribution in [0.4, 0.5) is 5.82 Å². The lowest BCUT2D eigenvalue weighted by Crippen LogP contribution is -2.02. The van der Waals surface area contributed by atoms with Crippen LogP contribution >= 0.6 is 0 Å². The molecule has 2 aromatic carbocycles. The molecule has 5 nitrogen and oxygen atoms in total. The molecule has 0 aliphatic carbocycles. The molecule has 0 saturated carbocycles. The smallest absolute Gasteiger partial charge is 0.339 e. The minimum Gasteiger partial charge on any atom is -0.496 e. The first kappa shape index (κ1) is 19.4. The van der Waals surface area contributed by atoms with Crippen molar-refractivity contribution in [2.24, 2.45) is 0 Å². The van der Waals surface area contributed by atoms with Crippen LogP contribution in [0.2, 0.25) is 0 Å². The van der Waals surface area contributed by atoms with E-state index in [1.807, 2.05) is 18.2 Å². The number of carboxylic acids is 1. The molecule has 0 aliphatic rings. The number of carboxylic acid groups (broad SMARTS) is 1. The van der Waals surface area contributed by atoms with E-state index in [1.165, 1.54) is 18.2 Å². The van der Waals surface area contributed by atoms with E-state index >= 15 is 0 Å². The number of rotatable bonds is 7. The van der Waals surface area contributed by atoms with Gasteiger partial charge in [0.2, 0.25) is 0 Å². The molecule has 0 unspecified atom stereocenters. The zero-order valence-electron chi connectivity index (χ0n) is 16.3. The number of nitrogens with one attached hydrogen (secondary N) is 1. The fourth-order valence-electron chi connectivity index (χ4n) is 2.98. The number of nitrogens with zero attached hydrogens (tertiary/aromatic N) is 1. The third-order valence-electron chi connectivity index (χ3n) is 4.62. The highest BCUT2D eigenvalue weighted by molar-refractivity contribution is 5.92. The van der Waals surface area contributed by atoms with Gasteiger partial charge in [0.15, 0.2) is 0 Å². The molecule has 0 radical (unpaired) electrons. The standard InChI is InChI=1S/C23H24N2O3/c1-15(2)17-6-4-5-16(11-17)13-24-22-10-8-19(14-25-22)18-7-9-21(28-3)20(12-18)23(26)27/h4-12,14-15H,13H2,1-3H3,(H,24,25)(H,26,27). The number of benzene rings is 2. The molecule has 0 spiro atoms. The zero-order valence-corrected chi connectivity index (χ0v) is 16.3. The molecule has 0 fully saturated rings. The van der Waals surface area contributed by atoms with Crippen LogP contribution in [0.25, 0.3) is 11.1 Å². The molecular formula is C23H24N2O3. The summed E-state index contributed by atoms with van der Waals surface area (Å²) in [4.78, 5) is 15.9. The van der Waals surface area contributed by atoms with Crippen LogP contribution in [0.15, 0.2) is 60.8 Å². The maximum atomic E-state index is 11.4. The summed E-state index contributed by atoms with van der Waals surface area (Å²) >= 11 is 0. The summed E-state index contributed by atoms with van der Waals surface area (Å²) in [6, 6.07) is 17.4. The molecule has 2 N–H and O–H groups in total. The van der Waals surface area contributed by atoms with Gasteiger partial charge in [-0.2, -0.15) is 0 Å². The Bertz CT molecular complexity index is 966. The molecule has 0 saturated heterocycles. The predicted molar refractivity (Wildman–Crippen MR) is 111 cm³/mol. The highest BCUT2D eigenvalue weighted by Crippen LogP contribution is 2.27. The number of pyridine rings is 1. The molecule has 144 valence electrons. The Balaban J connectivity index is 1.73. The SMILES string of the molecule is COc1ccc(-c2ccc(NCc3cccc(C(C)C)c3)nc2)cc1C(=O)O. The van der Waals surface area contributed by atoms with Crippen molar-refractivity contribution in [1.29, 1.82) is 0 Å². The van der Waals surface area contributed by atoms with E-state index in [4.69, 9.17) is 4.74 Å². The topological polar surface area (TPSA) is 71.5 Å². The summed E-state index contributed by atoms with van der Waals surface area (Å²) in [5, 5.41) is 12.7. The van der Waals surface area contributed by atoms with Crippen molar-refractivity contribution in [3.05, 3.63) is 77.5 Å². The largest absolute Gasteiger partial charge is 0.496 e. The second-order valence-electron chi connectivity index (χ2n) is 6.91. The van der Waals surface area contributed by atoms with Gasteiger partial charge in [0.05, 0.1) is 7.11 Å². The van der Waals surface area contributed by atoms with Crippen LogP contribution in [0.1, 0.15) is 41.3 Å². The van der Waals surface area contributed by atoms with Crippen LogP contribution in [0, 0.1) is 0 Å². The number of hydrogen-bond donors (Lipinski definition) is 2. The number of hydrogen-bond acceptors (Lipinski definition) is 4. The van der Waals surface area contributed by atoms with Crippen LogP contribution in [-0.4, -0.2) is 23.2 Å². The van der Waals surface area contributed by atoms with Gasteiger partial charge >= 0.3 is 5.97 Å². The molecular weight excluding hydrogens is 352 g/mol. The first-order chi connectivity index (χ1) is 13.5. The van der Waals surface area contributed by atoms with Gasteiger partial charge in [-0.05, 0) is 46.9 Å². The van der Waals surface area contributed by atoms with E-state index in [1.54, 1.807) is 18.3 Å². The minimum absolute atomic E-state index is 0.132. The van der Waals surface area contributed by atoms with Gasteiger partial charge in [-0.3, -0.25) is 0 Å². The second-order valence-corrected chi connectivity index (χ2v) is 6.91. The van der Waals surface area contributed by atoms with Crippen molar-refractivity contribution in [1.82, 2.24) is 4.98 Å². The fraction of sp³-hybridized carbons (Fsp3) is 0.217. The van der Waals surface area contributed by atoms with Crippen molar-refractivity contribution in [2.45, 2.75) is 26.3 Å². The third kappa shape index (κ3) is 4.49.